The summed E-state index contributed by atoms with van der Waals surface area (Å²) in [5.41, 5.74) is 6.17. The van der Waals surface area contributed by atoms with Crippen LogP contribution in [0.4, 0.5) is 0 Å². The molecule has 0 saturated heterocycles. The highest BCUT2D eigenvalue weighted by molar-refractivity contribution is 5.79. The van der Waals surface area contributed by atoms with Crippen LogP contribution in [0.15, 0.2) is 18.3 Å². The number of rotatable bonds is 8. The fourth-order valence-electron chi connectivity index (χ4n) is 3.59. The van der Waals surface area contributed by atoms with Gasteiger partial charge in [0.25, 0.3) is 0 Å². The molecule has 0 atom stereocenters. The SMILES string of the molecule is CCCCCCC(C)(C)c1ccc2nc(C(C)(C)CC)cnc2c1C. The van der Waals surface area contributed by atoms with Gasteiger partial charge in [-0.15, -0.1) is 0 Å². The normalized spacial score (nSPS) is 12.8. The number of benzene rings is 1. The molecule has 0 aliphatic carbocycles. The van der Waals surface area contributed by atoms with E-state index < -0.39 is 0 Å². The quantitative estimate of drug-likeness (QED) is 0.490. The third kappa shape index (κ3) is 4.40. The van der Waals surface area contributed by atoms with E-state index in [0.717, 1.165) is 23.1 Å². The highest BCUT2D eigenvalue weighted by Gasteiger charge is 2.25. The Balaban J connectivity index is 2.34. The van der Waals surface area contributed by atoms with Crippen molar-refractivity contribution in [3.8, 4) is 0 Å². The average molecular weight is 341 g/mol. The second kappa shape index (κ2) is 7.85. The van der Waals surface area contributed by atoms with E-state index in [-0.39, 0.29) is 10.8 Å². The average Bonchev–Trinajstić information content (AvgIpc) is 2.58. The zero-order chi connectivity index (χ0) is 18.7. The Kier molecular flexibility index (Phi) is 6.24. The van der Waals surface area contributed by atoms with Crippen molar-refractivity contribution in [1.82, 2.24) is 9.97 Å². The van der Waals surface area contributed by atoms with E-state index in [1.807, 2.05) is 6.20 Å². The molecule has 2 rings (SSSR count). The highest BCUT2D eigenvalue weighted by Crippen LogP contribution is 2.35. The Morgan fingerprint density at radius 2 is 1.64 bits per heavy atom. The molecule has 0 unspecified atom stereocenters. The predicted octanol–water partition coefficient (Wildman–Crippen LogP) is 6.87. The maximum atomic E-state index is 4.93. The van der Waals surface area contributed by atoms with Gasteiger partial charge in [0.05, 0.1) is 16.7 Å². The predicted molar refractivity (Wildman–Crippen MR) is 109 cm³/mol. The molecule has 0 spiro atoms. The molecule has 1 aromatic carbocycles. The molecule has 25 heavy (non-hydrogen) atoms. The van der Waals surface area contributed by atoms with Gasteiger partial charge in [-0.3, -0.25) is 4.98 Å². The van der Waals surface area contributed by atoms with E-state index in [0.29, 0.717) is 0 Å². The minimum absolute atomic E-state index is 0.0757. The first-order valence-corrected chi connectivity index (χ1v) is 10.00. The van der Waals surface area contributed by atoms with Crippen LogP contribution in [0.1, 0.15) is 96.9 Å². The second-order valence-corrected chi connectivity index (χ2v) is 8.79. The number of hydrogen-bond donors (Lipinski definition) is 0. The summed E-state index contributed by atoms with van der Waals surface area (Å²) >= 11 is 0. The minimum Gasteiger partial charge on any atom is -0.252 e. The van der Waals surface area contributed by atoms with Crippen molar-refractivity contribution in [3.05, 3.63) is 35.2 Å². The largest absolute Gasteiger partial charge is 0.252 e. The van der Waals surface area contributed by atoms with E-state index in [4.69, 9.17) is 9.97 Å². The van der Waals surface area contributed by atoms with Crippen LogP contribution in [0, 0.1) is 6.92 Å². The van der Waals surface area contributed by atoms with Crippen molar-refractivity contribution < 1.29 is 0 Å². The molecular weight excluding hydrogens is 304 g/mol. The lowest BCUT2D eigenvalue weighted by molar-refractivity contribution is 0.444. The van der Waals surface area contributed by atoms with Crippen LogP contribution in [-0.4, -0.2) is 9.97 Å². The summed E-state index contributed by atoms with van der Waals surface area (Å²) in [5, 5.41) is 0. The van der Waals surface area contributed by atoms with E-state index >= 15 is 0 Å². The minimum atomic E-state index is 0.0757. The summed E-state index contributed by atoms with van der Waals surface area (Å²) in [6, 6.07) is 4.46. The first-order chi connectivity index (χ1) is 11.7. The smallest absolute Gasteiger partial charge is 0.0919 e. The molecule has 0 radical (unpaired) electrons. The summed E-state index contributed by atoms with van der Waals surface area (Å²) < 4.78 is 0. The third-order valence-electron chi connectivity index (χ3n) is 5.93. The zero-order valence-electron chi connectivity index (χ0n) is 17.4. The lowest BCUT2D eigenvalue weighted by atomic mass is 9.77. The third-order valence-corrected chi connectivity index (χ3v) is 5.93. The zero-order valence-corrected chi connectivity index (χ0v) is 17.4. The van der Waals surface area contributed by atoms with Crippen LogP contribution in [0.3, 0.4) is 0 Å². The number of fused-ring (bicyclic) bond motifs is 1. The number of nitrogens with zero attached hydrogens (tertiary/aromatic N) is 2. The number of hydrogen-bond acceptors (Lipinski definition) is 2. The molecule has 2 aromatic rings. The lowest BCUT2D eigenvalue weighted by Gasteiger charge is -2.28. The Hall–Kier alpha value is -1.44. The molecule has 0 aliphatic rings. The van der Waals surface area contributed by atoms with Crippen LogP contribution in [0.5, 0.6) is 0 Å². The summed E-state index contributed by atoms with van der Waals surface area (Å²) in [6.07, 6.45) is 9.55. The van der Waals surface area contributed by atoms with Crippen molar-refractivity contribution in [2.45, 2.75) is 97.8 Å². The molecule has 138 valence electrons. The molecular formula is C23H36N2. The molecule has 0 aliphatic heterocycles. The molecule has 0 saturated carbocycles. The molecule has 1 heterocycles. The van der Waals surface area contributed by atoms with Gasteiger partial charge < -0.3 is 0 Å². The van der Waals surface area contributed by atoms with Gasteiger partial charge in [-0.1, -0.05) is 73.3 Å². The van der Waals surface area contributed by atoms with Gasteiger partial charge in [0.1, 0.15) is 0 Å². The van der Waals surface area contributed by atoms with Crippen LogP contribution < -0.4 is 0 Å². The summed E-state index contributed by atoms with van der Waals surface area (Å²) in [5.74, 6) is 0. The van der Waals surface area contributed by atoms with E-state index in [1.165, 1.54) is 43.2 Å². The lowest BCUT2D eigenvalue weighted by Crippen LogP contribution is -2.20. The first-order valence-electron chi connectivity index (χ1n) is 10.00. The van der Waals surface area contributed by atoms with Gasteiger partial charge >= 0.3 is 0 Å². The highest BCUT2D eigenvalue weighted by atomic mass is 14.8. The standard InChI is InChI=1S/C23H36N2/c1-8-10-11-12-15-23(6,7)18-13-14-19-21(17(18)3)24-16-20(25-19)22(4,5)9-2/h13-14,16H,8-12,15H2,1-7H3. The fraction of sp³-hybridized carbons (Fsp3) is 0.652. The van der Waals surface area contributed by atoms with E-state index in [9.17, 15) is 0 Å². The maximum absolute atomic E-state index is 4.93. The van der Waals surface area contributed by atoms with Crippen molar-refractivity contribution in [3.63, 3.8) is 0 Å². The van der Waals surface area contributed by atoms with Crippen molar-refractivity contribution in [1.29, 1.82) is 0 Å². The van der Waals surface area contributed by atoms with Crippen LogP contribution in [0.2, 0.25) is 0 Å². The van der Waals surface area contributed by atoms with Gasteiger partial charge in [0.15, 0.2) is 0 Å². The molecule has 0 N–H and O–H groups in total. The van der Waals surface area contributed by atoms with E-state index in [1.54, 1.807) is 0 Å². The number of aryl methyl sites for hydroxylation is 1. The van der Waals surface area contributed by atoms with E-state index in [2.05, 4.69) is 60.6 Å². The fourth-order valence-corrected chi connectivity index (χ4v) is 3.59. The van der Waals surface area contributed by atoms with Crippen LogP contribution in [-0.2, 0) is 10.8 Å². The Bertz CT molecular complexity index is 713. The topological polar surface area (TPSA) is 25.8 Å². The van der Waals surface area contributed by atoms with Crippen molar-refractivity contribution >= 4 is 11.0 Å². The first kappa shape index (κ1) is 19.9. The van der Waals surface area contributed by atoms with Crippen LogP contribution in [0.25, 0.3) is 11.0 Å². The second-order valence-electron chi connectivity index (χ2n) is 8.79. The van der Waals surface area contributed by atoms with Gasteiger partial charge in [-0.05, 0) is 42.4 Å². The Labute approximate surface area is 154 Å². The monoisotopic (exact) mass is 340 g/mol. The molecule has 0 fully saturated rings. The van der Waals surface area contributed by atoms with Crippen molar-refractivity contribution in [2.75, 3.05) is 0 Å². The number of aromatic nitrogens is 2. The van der Waals surface area contributed by atoms with Gasteiger partial charge in [0.2, 0.25) is 0 Å². The van der Waals surface area contributed by atoms with Crippen molar-refractivity contribution in [2.24, 2.45) is 0 Å². The van der Waals surface area contributed by atoms with Gasteiger partial charge in [-0.2, -0.15) is 0 Å². The summed E-state index contributed by atoms with van der Waals surface area (Å²) in [6.45, 7) is 15.9. The Morgan fingerprint density at radius 1 is 0.920 bits per heavy atom. The Morgan fingerprint density at radius 3 is 2.28 bits per heavy atom. The number of unbranched alkanes of at least 4 members (excludes halogenated alkanes) is 3. The maximum Gasteiger partial charge on any atom is 0.0919 e. The summed E-state index contributed by atoms with van der Waals surface area (Å²) in [4.78, 5) is 9.74. The molecule has 0 bridgehead atoms. The molecule has 2 heteroatoms. The van der Waals surface area contributed by atoms with Gasteiger partial charge in [-0.25, -0.2) is 4.98 Å². The van der Waals surface area contributed by atoms with Crippen LogP contribution >= 0.6 is 0 Å². The summed E-state index contributed by atoms with van der Waals surface area (Å²) in [7, 11) is 0. The molecule has 2 nitrogen and oxygen atoms in total. The molecule has 1 aromatic heterocycles. The molecule has 0 amide bonds. The van der Waals surface area contributed by atoms with Gasteiger partial charge in [0, 0.05) is 11.6 Å².